The van der Waals surface area contributed by atoms with Crippen LogP contribution in [0.2, 0.25) is 0 Å². The van der Waals surface area contributed by atoms with E-state index in [1.165, 1.54) is 0 Å². The highest BCUT2D eigenvalue weighted by Gasteiger charge is 2.51. The van der Waals surface area contributed by atoms with E-state index in [4.69, 9.17) is 19.7 Å². The molecule has 136 valence electrons. The summed E-state index contributed by atoms with van der Waals surface area (Å²) in [6, 6.07) is 0. The van der Waals surface area contributed by atoms with Gasteiger partial charge in [0, 0.05) is 12.3 Å². The van der Waals surface area contributed by atoms with E-state index in [1.54, 1.807) is 0 Å². The van der Waals surface area contributed by atoms with Crippen LogP contribution in [0.3, 0.4) is 0 Å². The lowest BCUT2D eigenvalue weighted by Crippen LogP contribution is -2.63. The van der Waals surface area contributed by atoms with Gasteiger partial charge in [-0.3, -0.25) is 0 Å². The number of hydrogen-bond donors (Lipinski definition) is 8. The molecule has 0 spiro atoms. The molecule has 0 aromatic rings. The van der Waals surface area contributed by atoms with Gasteiger partial charge in [0.05, 0.1) is 25.4 Å². The molecule has 10 heteroatoms. The first-order valence-corrected chi connectivity index (χ1v) is 7.42. The summed E-state index contributed by atoms with van der Waals surface area (Å²) in [7, 11) is 0. The number of ether oxygens (including phenoxy) is 2. The molecule has 10 atom stereocenters. The summed E-state index contributed by atoms with van der Waals surface area (Å²) in [6.45, 7) is -1.30. The quantitative estimate of drug-likeness (QED) is 0.242. The second kappa shape index (κ2) is 7.66. The Morgan fingerprint density at radius 2 is 1.52 bits per heavy atom. The summed E-state index contributed by atoms with van der Waals surface area (Å²) < 4.78 is 10.3. The van der Waals surface area contributed by atoms with Gasteiger partial charge in [0.25, 0.3) is 0 Å². The van der Waals surface area contributed by atoms with Crippen LogP contribution in [0.25, 0.3) is 0 Å². The standard InChI is InChI=1S/C13H24O10/c14-2-5(16)12-4(1-7(17)23-12)8(18)13-11(21)10(20)9(19)6(3-15)22-13/h4-21H,1-3H2/t4-,5+,6+,7-,8+,9+,10-,11+,12+,13-/m0/s1. The van der Waals surface area contributed by atoms with Crippen molar-refractivity contribution in [3.8, 4) is 0 Å². The molecule has 0 bridgehead atoms. The van der Waals surface area contributed by atoms with Gasteiger partial charge in [-0.2, -0.15) is 0 Å². The Bertz CT molecular complexity index is 380. The van der Waals surface area contributed by atoms with Gasteiger partial charge in [0.15, 0.2) is 6.29 Å². The van der Waals surface area contributed by atoms with Crippen molar-refractivity contribution in [1.29, 1.82) is 0 Å². The van der Waals surface area contributed by atoms with Gasteiger partial charge in [0.2, 0.25) is 0 Å². The molecule has 0 amide bonds. The van der Waals surface area contributed by atoms with Crippen LogP contribution >= 0.6 is 0 Å². The Hall–Kier alpha value is -0.400. The van der Waals surface area contributed by atoms with Crippen molar-refractivity contribution in [2.24, 2.45) is 5.92 Å². The molecule has 2 aliphatic rings. The summed E-state index contributed by atoms with van der Waals surface area (Å²) in [6.07, 6.45) is -12.7. The molecule has 23 heavy (non-hydrogen) atoms. The highest BCUT2D eigenvalue weighted by Crippen LogP contribution is 2.35. The molecule has 0 aromatic carbocycles. The lowest BCUT2D eigenvalue weighted by atomic mass is 9.83. The Morgan fingerprint density at radius 3 is 2.09 bits per heavy atom. The van der Waals surface area contributed by atoms with Crippen molar-refractivity contribution < 1.29 is 50.3 Å². The molecule has 2 fully saturated rings. The molecular weight excluding hydrogens is 316 g/mol. The molecular formula is C13H24O10. The van der Waals surface area contributed by atoms with E-state index in [0.29, 0.717) is 0 Å². The zero-order valence-corrected chi connectivity index (χ0v) is 12.3. The van der Waals surface area contributed by atoms with Crippen LogP contribution in [0.1, 0.15) is 6.42 Å². The molecule has 0 saturated carbocycles. The lowest BCUT2D eigenvalue weighted by Gasteiger charge is -2.43. The fraction of sp³-hybridized carbons (Fsp3) is 1.00. The van der Waals surface area contributed by atoms with Gasteiger partial charge in [-0.25, -0.2) is 0 Å². The maximum absolute atomic E-state index is 10.5. The zero-order valence-electron chi connectivity index (χ0n) is 12.3. The summed E-state index contributed by atoms with van der Waals surface area (Å²) in [5.41, 5.74) is 0. The number of aliphatic hydroxyl groups is 8. The summed E-state index contributed by atoms with van der Waals surface area (Å²) in [4.78, 5) is 0. The molecule has 8 N–H and O–H groups in total. The minimum absolute atomic E-state index is 0.0854. The Kier molecular flexibility index (Phi) is 6.30. The predicted molar refractivity (Wildman–Crippen MR) is 71.9 cm³/mol. The predicted octanol–water partition coefficient (Wildman–Crippen LogP) is -4.73. The molecule has 0 radical (unpaired) electrons. The van der Waals surface area contributed by atoms with Gasteiger partial charge in [-0.05, 0) is 0 Å². The molecule has 0 unspecified atom stereocenters. The van der Waals surface area contributed by atoms with Gasteiger partial charge in [-0.15, -0.1) is 0 Å². The van der Waals surface area contributed by atoms with Crippen LogP contribution in [0.15, 0.2) is 0 Å². The van der Waals surface area contributed by atoms with Gasteiger partial charge in [-0.1, -0.05) is 0 Å². The van der Waals surface area contributed by atoms with E-state index >= 15 is 0 Å². The zero-order chi connectivity index (χ0) is 17.3. The third-order valence-corrected chi connectivity index (χ3v) is 4.48. The Balaban J connectivity index is 2.15. The minimum Gasteiger partial charge on any atom is -0.394 e. The van der Waals surface area contributed by atoms with Crippen LogP contribution in [0.5, 0.6) is 0 Å². The highest BCUT2D eigenvalue weighted by molar-refractivity contribution is 4.99. The van der Waals surface area contributed by atoms with Crippen molar-refractivity contribution >= 4 is 0 Å². The van der Waals surface area contributed by atoms with Crippen molar-refractivity contribution in [3.05, 3.63) is 0 Å². The first-order chi connectivity index (χ1) is 10.8. The van der Waals surface area contributed by atoms with Crippen molar-refractivity contribution in [2.45, 2.75) is 61.5 Å². The van der Waals surface area contributed by atoms with Crippen LogP contribution < -0.4 is 0 Å². The fourth-order valence-corrected chi connectivity index (χ4v) is 3.17. The van der Waals surface area contributed by atoms with E-state index < -0.39 is 74.3 Å². The largest absolute Gasteiger partial charge is 0.394 e. The molecule has 2 aliphatic heterocycles. The van der Waals surface area contributed by atoms with Crippen molar-refractivity contribution in [2.75, 3.05) is 13.2 Å². The third-order valence-electron chi connectivity index (χ3n) is 4.48. The number of aliphatic hydroxyl groups excluding tert-OH is 8. The van der Waals surface area contributed by atoms with Crippen LogP contribution in [-0.4, -0.2) is 109 Å². The van der Waals surface area contributed by atoms with Crippen molar-refractivity contribution in [3.63, 3.8) is 0 Å². The monoisotopic (exact) mass is 340 g/mol. The topological polar surface area (TPSA) is 180 Å². The summed E-state index contributed by atoms with van der Waals surface area (Å²) >= 11 is 0. The van der Waals surface area contributed by atoms with E-state index in [0.717, 1.165) is 0 Å². The summed E-state index contributed by atoms with van der Waals surface area (Å²) in [5.74, 6) is -0.895. The average Bonchev–Trinajstić information content (AvgIpc) is 2.93. The van der Waals surface area contributed by atoms with Gasteiger partial charge < -0.3 is 50.3 Å². The van der Waals surface area contributed by atoms with Gasteiger partial charge in [0.1, 0.15) is 36.6 Å². The third kappa shape index (κ3) is 3.66. The minimum atomic E-state index is -1.65. The maximum atomic E-state index is 10.5. The molecule has 2 heterocycles. The van der Waals surface area contributed by atoms with E-state index in [2.05, 4.69) is 0 Å². The molecule has 2 rings (SSSR count). The van der Waals surface area contributed by atoms with E-state index in [1.807, 2.05) is 0 Å². The van der Waals surface area contributed by atoms with Gasteiger partial charge >= 0.3 is 0 Å². The van der Waals surface area contributed by atoms with Crippen molar-refractivity contribution in [1.82, 2.24) is 0 Å². The molecule has 2 saturated heterocycles. The fourth-order valence-electron chi connectivity index (χ4n) is 3.17. The average molecular weight is 340 g/mol. The first-order valence-electron chi connectivity index (χ1n) is 7.42. The van der Waals surface area contributed by atoms with E-state index in [9.17, 15) is 30.6 Å². The molecule has 10 nitrogen and oxygen atoms in total. The second-order valence-electron chi connectivity index (χ2n) is 5.99. The summed E-state index contributed by atoms with van der Waals surface area (Å²) in [5, 5.41) is 77.4. The molecule has 0 aliphatic carbocycles. The van der Waals surface area contributed by atoms with Crippen LogP contribution in [0.4, 0.5) is 0 Å². The maximum Gasteiger partial charge on any atom is 0.155 e. The number of hydrogen-bond acceptors (Lipinski definition) is 10. The first kappa shape index (κ1) is 18.9. The second-order valence-corrected chi connectivity index (χ2v) is 5.99. The smallest absolute Gasteiger partial charge is 0.155 e. The normalized spacial score (nSPS) is 47.5. The van der Waals surface area contributed by atoms with E-state index in [-0.39, 0.29) is 6.42 Å². The van der Waals surface area contributed by atoms with Crippen LogP contribution in [-0.2, 0) is 9.47 Å². The highest BCUT2D eigenvalue weighted by atomic mass is 16.6. The van der Waals surface area contributed by atoms with Crippen LogP contribution in [0, 0.1) is 5.92 Å². The lowest BCUT2D eigenvalue weighted by molar-refractivity contribution is -0.256. The molecule has 0 aromatic heterocycles. The SMILES string of the molecule is OC[C@@H](O)[C@@H]1O[C@H](O)C[C@H]1[C@@H](O)[C@@H]1O[C@H](CO)[C@@H](O)[C@H](O)[C@H]1O. The number of rotatable bonds is 5. The Labute approximate surface area is 132 Å². The Morgan fingerprint density at radius 1 is 0.870 bits per heavy atom.